The van der Waals surface area contributed by atoms with Gasteiger partial charge in [-0.05, 0) is 61.7 Å². The first-order valence-electron chi connectivity index (χ1n) is 10.2. The van der Waals surface area contributed by atoms with Crippen molar-refractivity contribution in [1.82, 2.24) is 19.8 Å². The lowest BCUT2D eigenvalue weighted by Crippen LogP contribution is -2.07. The summed E-state index contributed by atoms with van der Waals surface area (Å²) in [5.41, 5.74) is 4.33. The Balaban J connectivity index is 1.78. The molecule has 0 amide bonds. The molecule has 5 rings (SSSR count). The van der Waals surface area contributed by atoms with Crippen molar-refractivity contribution >= 4 is 37.9 Å². The molecule has 3 aromatic carbocycles. The highest BCUT2D eigenvalue weighted by atomic mass is 32.2. The zero-order valence-corrected chi connectivity index (χ0v) is 18.7. The molecule has 8 heteroatoms. The van der Waals surface area contributed by atoms with Gasteiger partial charge in [-0.1, -0.05) is 47.7 Å². The normalized spacial score (nSPS) is 11.8. The van der Waals surface area contributed by atoms with Crippen molar-refractivity contribution in [2.45, 2.75) is 30.7 Å². The van der Waals surface area contributed by atoms with Gasteiger partial charge in [-0.25, -0.2) is 13.4 Å². The van der Waals surface area contributed by atoms with Crippen molar-refractivity contribution in [2.24, 2.45) is 0 Å². The van der Waals surface area contributed by atoms with Crippen molar-refractivity contribution in [2.75, 3.05) is 5.32 Å². The number of nitrogens with one attached hydrogen (secondary N) is 1. The lowest BCUT2D eigenvalue weighted by Gasteiger charge is -2.12. The molecule has 2 heterocycles. The van der Waals surface area contributed by atoms with E-state index in [9.17, 15) is 8.42 Å². The van der Waals surface area contributed by atoms with Crippen LogP contribution in [0.2, 0.25) is 0 Å². The Morgan fingerprint density at radius 2 is 1.62 bits per heavy atom. The van der Waals surface area contributed by atoms with Crippen LogP contribution >= 0.6 is 0 Å². The van der Waals surface area contributed by atoms with E-state index in [0.717, 1.165) is 22.2 Å². The second kappa shape index (κ2) is 7.42. The van der Waals surface area contributed by atoms with Gasteiger partial charge in [0, 0.05) is 11.1 Å². The van der Waals surface area contributed by atoms with Crippen molar-refractivity contribution in [3.63, 3.8) is 0 Å². The Bertz CT molecular complexity index is 1610. The topological polar surface area (TPSA) is 89.2 Å². The smallest absolute Gasteiger partial charge is 0.229 e. The molecule has 160 valence electrons. The van der Waals surface area contributed by atoms with Crippen LogP contribution in [-0.4, -0.2) is 28.2 Å². The van der Waals surface area contributed by atoms with Gasteiger partial charge in [0.05, 0.1) is 10.4 Å². The molecule has 0 saturated heterocycles. The molecular formula is C24H21N5O2S. The standard InChI is InChI=1S/C24H21N5O2S/c1-15-12-13-17(3)21(14-15)32(30,31)24-23-26-22(25-19-10-6-4-8-16(19)2)18-9-5-7-11-20(18)29(23)28-27-24/h4-14H,1-3H3,(H,25,26). The molecule has 0 aliphatic rings. The molecule has 0 aliphatic carbocycles. The second-order valence-corrected chi connectivity index (χ2v) is 9.65. The third kappa shape index (κ3) is 3.20. The lowest BCUT2D eigenvalue weighted by atomic mass is 10.2. The number of benzene rings is 3. The van der Waals surface area contributed by atoms with Crippen LogP contribution in [0.1, 0.15) is 16.7 Å². The average molecular weight is 444 g/mol. The van der Waals surface area contributed by atoms with E-state index in [1.54, 1.807) is 19.1 Å². The number of aryl methyl sites for hydroxylation is 3. The minimum absolute atomic E-state index is 0.162. The molecule has 2 aromatic heterocycles. The van der Waals surface area contributed by atoms with Crippen molar-refractivity contribution < 1.29 is 8.42 Å². The zero-order chi connectivity index (χ0) is 22.5. The van der Waals surface area contributed by atoms with Gasteiger partial charge in [-0.3, -0.25) is 0 Å². The molecule has 1 N–H and O–H groups in total. The third-order valence-corrected chi connectivity index (χ3v) is 7.30. The summed E-state index contributed by atoms with van der Waals surface area (Å²) in [5, 5.41) is 12.2. The highest BCUT2D eigenvalue weighted by Crippen LogP contribution is 2.31. The number of rotatable bonds is 4. The average Bonchev–Trinajstić information content (AvgIpc) is 3.22. The Morgan fingerprint density at radius 1 is 0.875 bits per heavy atom. The number of aromatic nitrogens is 4. The number of para-hydroxylation sites is 2. The van der Waals surface area contributed by atoms with Gasteiger partial charge in [0.2, 0.25) is 14.9 Å². The maximum atomic E-state index is 13.6. The van der Waals surface area contributed by atoms with Crippen molar-refractivity contribution in [1.29, 1.82) is 0 Å². The largest absolute Gasteiger partial charge is 0.339 e. The van der Waals surface area contributed by atoms with Crippen LogP contribution in [0.15, 0.2) is 76.7 Å². The molecular weight excluding hydrogens is 422 g/mol. The summed E-state index contributed by atoms with van der Waals surface area (Å²) >= 11 is 0. The molecule has 7 nitrogen and oxygen atoms in total. The van der Waals surface area contributed by atoms with Crippen LogP contribution in [-0.2, 0) is 9.84 Å². The fourth-order valence-corrected chi connectivity index (χ4v) is 5.31. The van der Waals surface area contributed by atoms with Crippen molar-refractivity contribution in [3.8, 4) is 0 Å². The Hall–Kier alpha value is -3.78. The van der Waals surface area contributed by atoms with Gasteiger partial charge >= 0.3 is 0 Å². The molecule has 0 saturated carbocycles. The Labute approximate surface area is 185 Å². The highest BCUT2D eigenvalue weighted by Gasteiger charge is 2.28. The van der Waals surface area contributed by atoms with Crippen LogP contribution < -0.4 is 5.32 Å². The number of anilines is 2. The van der Waals surface area contributed by atoms with Crippen LogP contribution in [0.4, 0.5) is 11.5 Å². The Kier molecular flexibility index (Phi) is 4.67. The zero-order valence-electron chi connectivity index (χ0n) is 17.9. The van der Waals surface area contributed by atoms with Gasteiger partial charge in [0.1, 0.15) is 5.82 Å². The summed E-state index contributed by atoms with van der Waals surface area (Å²) < 4.78 is 28.6. The minimum Gasteiger partial charge on any atom is -0.339 e. The van der Waals surface area contributed by atoms with Gasteiger partial charge < -0.3 is 5.32 Å². The first kappa shape index (κ1) is 20.1. The first-order valence-corrected chi connectivity index (χ1v) is 11.6. The van der Waals surface area contributed by atoms with Gasteiger partial charge in [0.15, 0.2) is 5.65 Å². The van der Waals surface area contributed by atoms with E-state index in [4.69, 9.17) is 4.98 Å². The van der Waals surface area contributed by atoms with E-state index in [1.807, 2.05) is 68.4 Å². The number of hydrogen-bond donors (Lipinski definition) is 1. The van der Waals surface area contributed by atoms with Crippen LogP contribution in [0.25, 0.3) is 16.6 Å². The van der Waals surface area contributed by atoms with E-state index in [0.29, 0.717) is 16.9 Å². The van der Waals surface area contributed by atoms with E-state index >= 15 is 0 Å². The first-order chi connectivity index (χ1) is 15.4. The van der Waals surface area contributed by atoms with Crippen LogP contribution in [0.3, 0.4) is 0 Å². The number of nitrogens with zero attached hydrogens (tertiary/aromatic N) is 4. The molecule has 5 aromatic rings. The van der Waals surface area contributed by atoms with Crippen molar-refractivity contribution in [3.05, 3.63) is 83.4 Å². The lowest BCUT2D eigenvalue weighted by molar-refractivity contribution is 0.592. The van der Waals surface area contributed by atoms with Crippen LogP contribution in [0, 0.1) is 20.8 Å². The van der Waals surface area contributed by atoms with E-state index in [2.05, 4.69) is 15.6 Å². The highest BCUT2D eigenvalue weighted by molar-refractivity contribution is 7.91. The molecule has 0 unspecified atom stereocenters. The predicted octanol–water partition coefficient (Wildman–Crippen LogP) is 4.78. The molecule has 0 fully saturated rings. The van der Waals surface area contributed by atoms with Crippen LogP contribution in [0.5, 0.6) is 0 Å². The van der Waals surface area contributed by atoms with E-state index in [1.165, 1.54) is 4.52 Å². The number of sulfone groups is 1. The molecule has 0 bridgehead atoms. The summed E-state index contributed by atoms with van der Waals surface area (Å²) in [6, 6.07) is 20.8. The molecule has 0 aliphatic heterocycles. The summed E-state index contributed by atoms with van der Waals surface area (Å²) in [7, 11) is -3.93. The molecule has 0 spiro atoms. The monoisotopic (exact) mass is 443 g/mol. The van der Waals surface area contributed by atoms with Gasteiger partial charge in [0.25, 0.3) is 0 Å². The molecule has 0 atom stereocenters. The third-order valence-electron chi connectivity index (χ3n) is 5.51. The molecule has 32 heavy (non-hydrogen) atoms. The quantitative estimate of drug-likeness (QED) is 0.430. The summed E-state index contributed by atoms with van der Waals surface area (Å²) in [6.07, 6.45) is 0. The Morgan fingerprint density at radius 3 is 2.44 bits per heavy atom. The van der Waals surface area contributed by atoms with E-state index in [-0.39, 0.29) is 15.6 Å². The van der Waals surface area contributed by atoms with Gasteiger partial charge in [-0.15, -0.1) is 5.10 Å². The minimum atomic E-state index is -3.93. The fraction of sp³-hybridized carbons (Fsp3) is 0.125. The maximum Gasteiger partial charge on any atom is 0.229 e. The SMILES string of the molecule is Cc1ccc(C)c(S(=O)(=O)c2nnn3c2nc(Nc2ccccc2C)c2ccccc23)c1. The summed E-state index contributed by atoms with van der Waals surface area (Å²) in [6.45, 7) is 5.63. The molecule has 0 radical (unpaired) electrons. The predicted molar refractivity (Wildman–Crippen MR) is 124 cm³/mol. The second-order valence-electron chi connectivity index (χ2n) is 7.82. The fourth-order valence-electron chi connectivity index (χ4n) is 3.76. The number of hydrogen-bond acceptors (Lipinski definition) is 6. The van der Waals surface area contributed by atoms with Gasteiger partial charge in [-0.2, -0.15) is 4.52 Å². The summed E-state index contributed by atoms with van der Waals surface area (Å²) in [4.78, 5) is 4.90. The van der Waals surface area contributed by atoms with E-state index < -0.39 is 9.84 Å². The number of fused-ring (bicyclic) bond motifs is 3. The summed E-state index contributed by atoms with van der Waals surface area (Å²) in [5.74, 6) is 0.544. The maximum absolute atomic E-state index is 13.6.